The Kier molecular flexibility index (Phi) is 5.07. The van der Waals surface area contributed by atoms with Gasteiger partial charge in [-0.3, -0.25) is 9.79 Å². The number of hydrogen-bond acceptors (Lipinski definition) is 3. The van der Waals surface area contributed by atoms with Crippen molar-refractivity contribution in [3.8, 4) is 0 Å². The molecule has 3 heteroatoms. The number of allylic oxidation sites excluding steroid dienone is 2. The number of carbonyl (C=O) groups excluding carboxylic acids is 1. The van der Waals surface area contributed by atoms with E-state index >= 15 is 0 Å². The molecule has 140 valence electrons. The second-order valence-corrected chi connectivity index (χ2v) is 7.25. The van der Waals surface area contributed by atoms with Crippen molar-refractivity contribution in [1.29, 1.82) is 0 Å². The highest BCUT2D eigenvalue weighted by atomic mass is 16.3. The topological polar surface area (TPSA) is 49.7 Å². The number of hydrogen-bond donors (Lipinski definition) is 1. The summed E-state index contributed by atoms with van der Waals surface area (Å²) < 4.78 is 0. The Labute approximate surface area is 165 Å². The molecular formula is C25H23NO2. The molecule has 1 aliphatic carbocycles. The Morgan fingerprint density at radius 3 is 2.43 bits per heavy atom. The summed E-state index contributed by atoms with van der Waals surface area (Å²) in [6.45, 7) is 0. The molecule has 0 radical (unpaired) electrons. The quantitative estimate of drug-likeness (QED) is 0.625. The maximum absolute atomic E-state index is 12.9. The Hall–Kier alpha value is -3.20. The van der Waals surface area contributed by atoms with Crippen molar-refractivity contribution in [3.05, 3.63) is 95.3 Å². The molecule has 0 spiro atoms. The molecule has 0 aliphatic heterocycles. The van der Waals surface area contributed by atoms with Crippen molar-refractivity contribution in [2.45, 2.75) is 25.2 Å². The van der Waals surface area contributed by atoms with Crippen LogP contribution in [0, 0.1) is 0 Å². The van der Waals surface area contributed by atoms with Crippen molar-refractivity contribution >= 4 is 22.3 Å². The first kappa shape index (κ1) is 18.2. The summed E-state index contributed by atoms with van der Waals surface area (Å²) in [7, 11) is 1.69. The van der Waals surface area contributed by atoms with Crippen molar-refractivity contribution in [3.63, 3.8) is 0 Å². The third kappa shape index (κ3) is 3.48. The Morgan fingerprint density at radius 1 is 0.964 bits per heavy atom. The van der Waals surface area contributed by atoms with Gasteiger partial charge in [-0.05, 0) is 27.8 Å². The number of aliphatic hydroxyl groups is 1. The van der Waals surface area contributed by atoms with E-state index in [4.69, 9.17) is 0 Å². The van der Waals surface area contributed by atoms with Gasteiger partial charge in [0.15, 0.2) is 5.78 Å². The van der Waals surface area contributed by atoms with Crippen LogP contribution in [0.3, 0.4) is 0 Å². The van der Waals surface area contributed by atoms with Crippen LogP contribution in [-0.4, -0.2) is 23.6 Å². The van der Waals surface area contributed by atoms with Crippen LogP contribution in [0.5, 0.6) is 0 Å². The molecule has 0 aromatic heterocycles. The molecular weight excluding hydrogens is 346 g/mol. The molecule has 0 fully saturated rings. The van der Waals surface area contributed by atoms with Crippen LogP contribution in [0.4, 0.5) is 0 Å². The van der Waals surface area contributed by atoms with E-state index in [1.807, 2.05) is 48.5 Å². The summed E-state index contributed by atoms with van der Waals surface area (Å²) >= 11 is 0. The first-order chi connectivity index (χ1) is 13.7. The first-order valence-electron chi connectivity index (χ1n) is 9.60. The summed E-state index contributed by atoms with van der Waals surface area (Å²) in [5, 5.41) is 13.1. The van der Waals surface area contributed by atoms with Gasteiger partial charge in [0.05, 0.1) is 11.3 Å². The third-order valence-corrected chi connectivity index (χ3v) is 5.51. The number of aliphatic hydroxyl groups excluding tert-OH is 1. The predicted molar refractivity (Wildman–Crippen MR) is 114 cm³/mol. The van der Waals surface area contributed by atoms with E-state index in [2.05, 4.69) is 29.3 Å². The predicted octanol–water partition coefficient (Wildman–Crippen LogP) is 5.41. The molecule has 0 saturated heterocycles. The molecule has 1 N–H and O–H groups in total. The second-order valence-electron chi connectivity index (χ2n) is 7.25. The smallest absolute Gasteiger partial charge is 0.168 e. The Bertz CT molecular complexity index is 1070. The fraction of sp³-hybridized carbons (Fsp3) is 0.200. The van der Waals surface area contributed by atoms with Crippen LogP contribution >= 0.6 is 0 Å². The van der Waals surface area contributed by atoms with E-state index in [9.17, 15) is 9.90 Å². The zero-order chi connectivity index (χ0) is 19.5. The van der Waals surface area contributed by atoms with E-state index in [1.165, 1.54) is 0 Å². The number of rotatable bonds is 4. The average Bonchev–Trinajstić information content (AvgIpc) is 2.73. The lowest BCUT2D eigenvalue weighted by Crippen LogP contribution is -2.25. The molecule has 3 nitrogen and oxygen atoms in total. The lowest BCUT2D eigenvalue weighted by atomic mass is 9.80. The fourth-order valence-electron chi connectivity index (χ4n) is 4.09. The van der Waals surface area contributed by atoms with Crippen LogP contribution < -0.4 is 0 Å². The minimum atomic E-state index is -0.0292. The maximum Gasteiger partial charge on any atom is 0.168 e. The zero-order valence-electron chi connectivity index (χ0n) is 15.9. The van der Waals surface area contributed by atoms with Crippen LogP contribution in [0.2, 0.25) is 0 Å². The number of nitrogens with zero attached hydrogens (tertiary/aromatic N) is 1. The van der Waals surface area contributed by atoms with Crippen molar-refractivity contribution < 1.29 is 9.90 Å². The van der Waals surface area contributed by atoms with E-state index in [-0.39, 0.29) is 17.5 Å². The molecule has 1 aliphatic rings. The summed E-state index contributed by atoms with van der Waals surface area (Å²) in [6.07, 6.45) is 1.40. The Balaban J connectivity index is 1.65. The largest absolute Gasteiger partial charge is 0.511 e. The van der Waals surface area contributed by atoms with Gasteiger partial charge in [-0.15, -0.1) is 0 Å². The minimum absolute atomic E-state index is 0.0214. The van der Waals surface area contributed by atoms with Gasteiger partial charge >= 0.3 is 0 Å². The lowest BCUT2D eigenvalue weighted by Gasteiger charge is -2.24. The van der Waals surface area contributed by atoms with Gasteiger partial charge in [0, 0.05) is 26.3 Å². The van der Waals surface area contributed by atoms with E-state index < -0.39 is 0 Å². The monoisotopic (exact) mass is 369 g/mol. The number of carbonyl (C=O) groups is 1. The van der Waals surface area contributed by atoms with Gasteiger partial charge in [0.1, 0.15) is 5.76 Å². The summed E-state index contributed by atoms with van der Waals surface area (Å²) in [4.78, 5) is 17.3. The highest BCUT2D eigenvalue weighted by Crippen LogP contribution is 2.34. The Morgan fingerprint density at radius 2 is 1.68 bits per heavy atom. The van der Waals surface area contributed by atoms with Gasteiger partial charge in [-0.2, -0.15) is 0 Å². The molecule has 1 unspecified atom stereocenters. The number of Topliss-reactive ketones (excluding diaryl/α,β-unsaturated/α-hetero) is 1. The normalized spacial score (nSPS) is 18.0. The van der Waals surface area contributed by atoms with Crippen LogP contribution in [-0.2, 0) is 11.2 Å². The van der Waals surface area contributed by atoms with Crippen LogP contribution in [0.25, 0.3) is 10.8 Å². The number of aliphatic imine (C=N–C) groups is 1. The zero-order valence-corrected chi connectivity index (χ0v) is 15.9. The number of benzene rings is 3. The molecule has 0 amide bonds. The van der Waals surface area contributed by atoms with Gasteiger partial charge in [-0.1, -0.05) is 72.8 Å². The molecule has 3 aromatic carbocycles. The second kappa shape index (κ2) is 7.81. The van der Waals surface area contributed by atoms with Crippen molar-refractivity contribution in [2.75, 3.05) is 7.05 Å². The highest BCUT2D eigenvalue weighted by molar-refractivity contribution is 6.24. The first-order valence-corrected chi connectivity index (χ1v) is 9.60. The SMILES string of the molecule is CN=C(Cc1cccc2ccccc12)C1=C(O)CC(c2ccccc2)CC1=O. The van der Waals surface area contributed by atoms with Gasteiger partial charge < -0.3 is 5.11 Å². The summed E-state index contributed by atoms with van der Waals surface area (Å²) in [5.74, 6) is 0.150. The van der Waals surface area contributed by atoms with E-state index in [0.717, 1.165) is 21.9 Å². The standard InChI is InChI=1S/C25H23NO2/c1-26-22(14-19-12-7-11-18-10-5-6-13-21(18)19)25-23(27)15-20(16-24(25)28)17-8-3-2-4-9-17/h2-13,20,27H,14-16H2,1H3. The highest BCUT2D eigenvalue weighted by Gasteiger charge is 2.31. The average molecular weight is 369 g/mol. The van der Waals surface area contributed by atoms with Crippen LogP contribution in [0.15, 0.2) is 89.1 Å². The summed E-state index contributed by atoms with van der Waals surface area (Å²) in [6, 6.07) is 24.3. The maximum atomic E-state index is 12.9. The molecule has 3 aromatic rings. The molecule has 0 bridgehead atoms. The summed E-state index contributed by atoms with van der Waals surface area (Å²) in [5.41, 5.74) is 3.26. The minimum Gasteiger partial charge on any atom is -0.511 e. The molecule has 0 heterocycles. The molecule has 28 heavy (non-hydrogen) atoms. The van der Waals surface area contributed by atoms with Gasteiger partial charge in [0.25, 0.3) is 0 Å². The molecule has 1 atom stereocenters. The number of fused-ring (bicyclic) bond motifs is 1. The van der Waals surface area contributed by atoms with Crippen molar-refractivity contribution in [1.82, 2.24) is 0 Å². The molecule has 0 saturated carbocycles. The van der Waals surface area contributed by atoms with Crippen molar-refractivity contribution in [2.24, 2.45) is 4.99 Å². The lowest BCUT2D eigenvalue weighted by molar-refractivity contribution is -0.116. The number of ketones is 1. The van der Waals surface area contributed by atoms with Gasteiger partial charge in [0.2, 0.25) is 0 Å². The van der Waals surface area contributed by atoms with Crippen LogP contribution in [0.1, 0.15) is 29.9 Å². The van der Waals surface area contributed by atoms with Gasteiger partial charge in [-0.25, -0.2) is 0 Å². The third-order valence-electron chi connectivity index (χ3n) is 5.51. The van der Waals surface area contributed by atoms with E-state index in [0.29, 0.717) is 30.5 Å². The fourth-order valence-corrected chi connectivity index (χ4v) is 4.09. The van der Waals surface area contributed by atoms with E-state index in [1.54, 1.807) is 7.05 Å². The molecule has 4 rings (SSSR count).